The Morgan fingerprint density at radius 1 is 0.938 bits per heavy atom. The van der Waals surface area contributed by atoms with Crippen LogP contribution in [0.5, 0.6) is 5.75 Å². The number of ether oxygens (including phenoxy) is 1. The molecule has 2 bridgehead atoms. The van der Waals surface area contributed by atoms with Gasteiger partial charge in [0.25, 0.3) is 0 Å². The number of imide groups is 1. The summed E-state index contributed by atoms with van der Waals surface area (Å²) in [5.41, 5.74) is 2.01. The Balaban J connectivity index is 1.15. The molecule has 4 aromatic rings. The maximum absolute atomic E-state index is 14.0. The zero-order chi connectivity index (χ0) is 33.4. The summed E-state index contributed by atoms with van der Waals surface area (Å²) in [5.74, 6) is -2.43. The average molecular weight is 702 g/mol. The van der Waals surface area contributed by atoms with Crippen molar-refractivity contribution in [2.75, 3.05) is 17.3 Å². The molecule has 13 heteroatoms. The summed E-state index contributed by atoms with van der Waals surface area (Å²) < 4.78 is 6.92. The lowest BCUT2D eigenvalue weighted by Gasteiger charge is -2.43. The minimum absolute atomic E-state index is 0.00265. The smallest absolute Gasteiger partial charge is 0.335 e. The van der Waals surface area contributed by atoms with Crippen LogP contribution < -0.4 is 19.8 Å². The molecule has 3 aromatic carbocycles. The number of carboxylic acid groups (broad SMARTS) is 1. The number of rotatable bonds is 7. The van der Waals surface area contributed by atoms with E-state index in [1.807, 2.05) is 24.3 Å². The zero-order valence-corrected chi connectivity index (χ0v) is 27.8. The molecule has 0 spiro atoms. The van der Waals surface area contributed by atoms with Crippen LogP contribution in [0.1, 0.15) is 33.1 Å². The lowest BCUT2D eigenvalue weighted by atomic mass is 9.68. The molecule has 3 amide bonds. The maximum Gasteiger partial charge on any atom is 0.335 e. The highest BCUT2D eigenvalue weighted by Gasteiger charge is 2.69. The second-order valence-electron chi connectivity index (χ2n) is 12.6. The summed E-state index contributed by atoms with van der Waals surface area (Å²) in [7, 11) is 1.60. The van der Waals surface area contributed by atoms with Gasteiger partial charge in [0.1, 0.15) is 12.3 Å². The lowest BCUT2D eigenvalue weighted by Crippen LogP contribution is -2.43. The van der Waals surface area contributed by atoms with E-state index in [2.05, 4.69) is 5.32 Å². The molecule has 1 aromatic heterocycles. The number of benzene rings is 3. The normalized spacial score (nSPS) is 26.6. The van der Waals surface area contributed by atoms with Gasteiger partial charge in [-0.15, -0.1) is 11.8 Å². The van der Waals surface area contributed by atoms with Gasteiger partial charge in [0.15, 0.2) is 0 Å². The number of aromatic nitrogens is 1. The number of fused-ring (bicyclic) bond motifs is 9. The number of hydrogen-bond donors (Lipinski definition) is 2. The average Bonchev–Trinajstić information content (AvgIpc) is 3.80. The van der Waals surface area contributed by atoms with Crippen molar-refractivity contribution in [1.29, 1.82) is 0 Å². The predicted molar refractivity (Wildman–Crippen MR) is 181 cm³/mol. The molecular weight excluding hydrogens is 674 g/mol. The van der Waals surface area contributed by atoms with Crippen LogP contribution in [-0.2, 0) is 20.9 Å². The number of nitrogens with one attached hydrogen (secondary N) is 1. The summed E-state index contributed by atoms with van der Waals surface area (Å²) in [5, 5.41) is 13.1. The summed E-state index contributed by atoms with van der Waals surface area (Å²) in [6, 6.07) is 20.3. The van der Waals surface area contributed by atoms with E-state index in [4.69, 9.17) is 16.3 Å². The van der Waals surface area contributed by atoms with Crippen LogP contribution >= 0.6 is 34.7 Å². The predicted octanol–water partition coefficient (Wildman–Crippen LogP) is 5.59. The Morgan fingerprint density at radius 3 is 2.25 bits per heavy atom. The standard InChI is InChI=1S/C35H28ClN3O7S2/c1-46-21-12-4-16(5-13-21)25-26-22-14-23(28-27(22)31(41)39(32(28)42)20-10-6-18(36)7-11-20)29(26)47-33-30(25)48-35(45)38(33)15-24(40)37-19-8-2-17(3-9-19)34(43)44/h2-13,22-23,25-29H,14-15H2,1H3,(H,37,40)(H,43,44). The highest BCUT2D eigenvalue weighted by Crippen LogP contribution is 2.69. The number of hydrogen-bond acceptors (Lipinski definition) is 8. The van der Waals surface area contributed by atoms with Crippen LogP contribution in [0.2, 0.25) is 5.02 Å². The second-order valence-corrected chi connectivity index (χ2v) is 15.2. The SMILES string of the molecule is COc1ccc(C2c3sc(=O)n(CC(=O)Nc4ccc(C(=O)O)cc4)c3SC3C4CC(C5C(=O)N(c6ccc(Cl)cc6)C(=O)C45)C23)cc1. The van der Waals surface area contributed by atoms with Crippen LogP contribution in [0.3, 0.4) is 0 Å². The number of methoxy groups -OCH3 is 1. The Labute approximate surface area is 287 Å². The first-order valence-electron chi connectivity index (χ1n) is 15.5. The fraction of sp³-hybridized carbons (Fsp3) is 0.286. The molecule has 7 unspecified atom stereocenters. The van der Waals surface area contributed by atoms with Crippen LogP contribution in [0.4, 0.5) is 11.4 Å². The Bertz CT molecular complexity index is 2040. The van der Waals surface area contributed by atoms with Gasteiger partial charge >= 0.3 is 10.8 Å². The van der Waals surface area contributed by atoms with E-state index in [-0.39, 0.29) is 57.7 Å². The number of thiazole rings is 1. The van der Waals surface area contributed by atoms with E-state index < -0.39 is 23.7 Å². The van der Waals surface area contributed by atoms with Gasteiger partial charge in [-0.2, -0.15) is 0 Å². The number of anilines is 2. The van der Waals surface area contributed by atoms with Gasteiger partial charge in [-0.25, -0.2) is 4.79 Å². The van der Waals surface area contributed by atoms with Gasteiger partial charge in [-0.1, -0.05) is 35.1 Å². The number of nitrogens with zero attached hydrogens (tertiary/aromatic N) is 2. The first-order chi connectivity index (χ1) is 23.1. The number of amides is 3. The minimum Gasteiger partial charge on any atom is -0.497 e. The van der Waals surface area contributed by atoms with Crippen LogP contribution in [-0.4, -0.2) is 45.7 Å². The van der Waals surface area contributed by atoms with Crippen molar-refractivity contribution in [2.24, 2.45) is 29.6 Å². The van der Waals surface area contributed by atoms with Crippen molar-refractivity contribution >= 4 is 69.8 Å². The molecule has 3 heterocycles. The van der Waals surface area contributed by atoms with Gasteiger partial charge < -0.3 is 15.2 Å². The molecule has 4 aliphatic rings. The second kappa shape index (κ2) is 11.6. The third-order valence-electron chi connectivity index (χ3n) is 10.2. The van der Waals surface area contributed by atoms with Crippen molar-refractivity contribution < 1.29 is 29.0 Å². The summed E-state index contributed by atoms with van der Waals surface area (Å²) in [6.45, 7) is -0.229. The third-order valence-corrected chi connectivity index (χ3v) is 13.3. The molecule has 1 saturated heterocycles. The van der Waals surface area contributed by atoms with E-state index in [1.165, 1.54) is 33.7 Å². The highest BCUT2D eigenvalue weighted by atomic mass is 35.5. The highest BCUT2D eigenvalue weighted by molar-refractivity contribution is 8.00. The number of halogens is 1. The fourth-order valence-corrected chi connectivity index (χ4v) is 11.6. The zero-order valence-electron chi connectivity index (χ0n) is 25.4. The van der Waals surface area contributed by atoms with Crippen LogP contribution in [0, 0.1) is 29.6 Å². The number of thioether (sulfide) groups is 1. The number of carbonyl (C=O) groups is 4. The molecule has 3 fully saturated rings. The van der Waals surface area contributed by atoms with E-state index in [1.54, 1.807) is 43.1 Å². The first-order valence-corrected chi connectivity index (χ1v) is 17.5. The van der Waals surface area contributed by atoms with Gasteiger partial charge in [0.05, 0.1) is 35.2 Å². The maximum atomic E-state index is 14.0. The fourth-order valence-electron chi connectivity index (χ4n) is 8.32. The molecule has 244 valence electrons. The van der Waals surface area contributed by atoms with E-state index in [9.17, 15) is 29.1 Å². The van der Waals surface area contributed by atoms with Gasteiger partial charge in [0, 0.05) is 26.8 Å². The van der Waals surface area contributed by atoms with Crippen LogP contribution in [0.25, 0.3) is 0 Å². The molecule has 7 atom stereocenters. The topological polar surface area (TPSA) is 135 Å². The van der Waals surface area contributed by atoms with Gasteiger partial charge in [-0.3, -0.25) is 28.6 Å². The molecular formula is C35H28ClN3O7S2. The van der Waals surface area contributed by atoms with Gasteiger partial charge in [-0.05, 0) is 90.4 Å². The molecule has 48 heavy (non-hydrogen) atoms. The van der Waals surface area contributed by atoms with Crippen molar-refractivity contribution in [3.63, 3.8) is 0 Å². The minimum atomic E-state index is -1.07. The number of aromatic carboxylic acids is 1. The van der Waals surface area contributed by atoms with Crippen molar-refractivity contribution in [1.82, 2.24) is 4.57 Å². The largest absolute Gasteiger partial charge is 0.497 e. The molecule has 2 saturated carbocycles. The van der Waals surface area contributed by atoms with Gasteiger partial charge in [0.2, 0.25) is 17.7 Å². The quantitative estimate of drug-likeness (QED) is 0.238. The van der Waals surface area contributed by atoms with E-state index in [0.29, 0.717) is 27.2 Å². The molecule has 2 N–H and O–H groups in total. The van der Waals surface area contributed by atoms with E-state index in [0.717, 1.165) is 28.2 Å². The summed E-state index contributed by atoms with van der Waals surface area (Å²) >= 11 is 8.77. The number of carboxylic acids is 1. The van der Waals surface area contributed by atoms with Crippen molar-refractivity contribution in [3.05, 3.63) is 103 Å². The van der Waals surface area contributed by atoms with Crippen molar-refractivity contribution in [3.8, 4) is 5.75 Å². The molecule has 2 aliphatic heterocycles. The summed E-state index contributed by atoms with van der Waals surface area (Å²) in [6.07, 6.45) is 0.738. The molecule has 2 aliphatic carbocycles. The lowest BCUT2D eigenvalue weighted by molar-refractivity contribution is -0.123. The van der Waals surface area contributed by atoms with E-state index >= 15 is 0 Å². The molecule has 0 radical (unpaired) electrons. The molecule has 10 nitrogen and oxygen atoms in total. The van der Waals surface area contributed by atoms with Crippen LogP contribution in [0.15, 0.2) is 82.6 Å². The molecule has 8 rings (SSSR count). The van der Waals surface area contributed by atoms with Crippen molar-refractivity contribution in [2.45, 2.75) is 29.2 Å². The first kappa shape index (κ1) is 30.9. The Morgan fingerprint density at radius 2 is 1.60 bits per heavy atom. The Hall–Kier alpha value is -4.39. The Kier molecular flexibility index (Phi) is 7.50. The monoisotopic (exact) mass is 701 g/mol. The summed E-state index contributed by atoms with van der Waals surface area (Å²) in [4.78, 5) is 68.0. The number of carbonyl (C=O) groups excluding carboxylic acids is 3. The third kappa shape index (κ3) is 4.80.